The molecule has 2 aromatic carbocycles. The molecule has 162 valence electrons. The molecule has 0 radical (unpaired) electrons. The van der Waals surface area contributed by atoms with Gasteiger partial charge in [-0.15, -0.1) is 0 Å². The summed E-state index contributed by atoms with van der Waals surface area (Å²) in [7, 11) is 0. The molecular weight excluding hydrogens is 396 g/mol. The molecule has 0 spiro atoms. The highest BCUT2D eigenvalue weighted by Crippen LogP contribution is 2.40. The predicted octanol–water partition coefficient (Wildman–Crippen LogP) is 5.30. The van der Waals surface area contributed by atoms with Crippen LogP contribution >= 0.6 is 0 Å². The molecule has 0 bridgehead atoms. The molecule has 6 nitrogen and oxygen atoms in total. The third-order valence-electron chi connectivity index (χ3n) is 5.02. The topological polar surface area (TPSA) is 111 Å². The van der Waals surface area contributed by atoms with Crippen LogP contribution in [0.4, 0.5) is 0 Å². The zero-order valence-electron chi connectivity index (χ0n) is 18.0. The van der Waals surface area contributed by atoms with Crippen molar-refractivity contribution in [3.05, 3.63) is 68.9 Å². The molecule has 0 aliphatic rings. The number of benzene rings is 2. The van der Waals surface area contributed by atoms with Gasteiger partial charge in [0, 0.05) is 28.8 Å². The average molecular weight is 422 g/mol. The minimum absolute atomic E-state index is 0.0208. The summed E-state index contributed by atoms with van der Waals surface area (Å²) in [6, 6.07) is 5.26. The Morgan fingerprint density at radius 3 is 2.06 bits per heavy atom. The highest BCUT2D eigenvalue weighted by Gasteiger charge is 2.20. The summed E-state index contributed by atoms with van der Waals surface area (Å²) in [5.74, 6) is -0.952. The van der Waals surface area contributed by atoms with Crippen molar-refractivity contribution in [1.29, 1.82) is 0 Å². The Hall–Kier alpha value is -3.67. The smallest absolute Gasteiger partial charge is 0.197 e. The van der Waals surface area contributed by atoms with Gasteiger partial charge in [-0.3, -0.25) is 4.79 Å². The van der Waals surface area contributed by atoms with E-state index in [0.717, 1.165) is 17.2 Å². The number of aromatic hydroxyl groups is 4. The maximum Gasteiger partial charge on any atom is 0.197 e. The Bertz CT molecular complexity index is 1270. The number of phenols is 4. The molecule has 1 heterocycles. The molecule has 0 amide bonds. The largest absolute Gasteiger partial charge is 0.507 e. The van der Waals surface area contributed by atoms with Crippen LogP contribution in [0.25, 0.3) is 22.3 Å². The molecule has 3 aromatic rings. The second-order valence-corrected chi connectivity index (χ2v) is 8.00. The van der Waals surface area contributed by atoms with Gasteiger partial charge in [0.05, 0.1) is 0 Å². The quantitative estimate of drug-likeness (QED) is 0.328. The van der Waals surface area contributed by atoms with Gasteiger partial charge in [-0.2, -0.15) is 0 Å². The second-order valence-electron chi connectivity index (χ2n) is 8.00. The fourth-order valence-corrected chi connectivity index (χ4v) is 3.36. The van der Waals surface area contributed by atoms with E-state index in [1.54, 1.807) is 6.07 Å². The normalized spacial score (nSPS) is 10.8. The van der Waals surface area contributed by atoms with Crippen molar-refractivity contribution in [2.45, 2.75) is 40.5 Å². The third-order valence-corrected chi connectivity index (χ3v) is 5.02. The van der Waals surface area contributed by atoms with Gasteiger partial charge in [0.15, 0.2) is 16.9 Å². The van der Waals surface area contributed by atoms with Crippen LogP contribution in [0.5, 0.6) is 23.0 Å². The van der Waals surface area contributed by atoms with Crippen LogP contribution in [0, 0.1) is 0 Å². The molecule has 0 fully saturated rings. The summed E-state index contributed by atoms with van der Waals surface area (Å²) >= 11 is 0. The van der Waals surface area contributed by atoms with E-state index in [1.165, 1.54) is 12.1 Å². The summed E-state index contributed by atoms with van der Waals surface area (Å²) < 4.78 is 6.03. The van der Waals surface area contributed by atoms with Crippen molar-refractivity contribution in [3.63, 3.8) is 0 Å². The van der Waals surface area contributed by atoms with E-state index < -0.39 is 5.43 Å². The first-order valence-electron chi connectivity index (χ1n) is 9.92. The van der Waals surface area contributed by atoms with Gasteiger partial charge in [0.25, 0.3) is 0 Å². The van der Waals surface area contributed by atoms with E-state index in [9.17, 15) is 25.2 Å². The van der Waals surface area contributed by atoms with Crippen LogP contribution in [0.2, 0.25) is 0 Å². The minimum Gasteiger partial charge on any atom is -0.507 e. The van der Waals surface area contributed by atoms with E-state index >= 15 is 0 Å². The van der Waals surface area contributed by atoms with Gasteiger partial charge < -0.3 is 24.8 Å². The highest BCUT2D eigenvalue weighted by molar-refractivity contribution is 5.89. The molecule has 0 saturated heterocycles. The Kier molecular flexibility index (Phi) is 6.11. The van der Waals surface area contributed by atoms with Gasteiger partial charge in [-0.1, -0.05) is 23.3 Å². The van der Waals surface area contributed by atoms with E-state index in [2.05, 4.69) is 0 Å². The van der Waals surface area contributed by atoms with E-state index in [1.807, 2.05) is 39.8 Å². The number of rotatable bonds is 5. The minimum atomic E-state index is -0.479. The molecule has 0 atom stereocenters. The van der Waals surface area contributed by atoms with Crippen molar-refractivity contribution in [2.75, 3.05) is 0 Å². The molecule has 0 saturated carbocycles. The standard InChI is InChI=1S/C25H26O6/c1-13(2)5-7-16-15(9-10-18(26)24(16)30)22-12-21(29)23-20(28)11-19(27)17(25(23)31-22)8-6-14(3)4/h5-6,9-12,26-28,30H,7-8H2,1-4H3. The molecule has 31 heavy (non-hydrogen) atoms. The molecule has 3 rings (SSSR count). The average Bonchev–Trinajstić information content (AvgIpc) is 2.67. The summed E-state index contributed by atoms with van der Waals surface area (Å²) in [5.41, 5.74) is 2.86. The molecule has 1 aromatic heterocycles. The maximum absolute atomic E-state index is 12.9. The number of hydrogen-bond donors (Lipinski definition) is 4. The van der Waals surface area contributed by atoms with E-state index in [-0.39, 0.29) is 39.7 Å². The zero-order valence-corrected chi connectivity index (χ0v) is 18.0. The predicted molar refractivity (Wildman–Crippen MR) is 121 cm³/mol. The zero-order chi connectivity index (χ0) is 22.9. The lowest BCUT2D eigenvalue weighted by Crippen LogP contribution is -2.04. The summed E-state index contributed by atoms with van der Waals surface area (Å²) in [6.45, 7) is 7.65. The Labute approximate surface area is 180 Å². The monoisotopic (exact) mass is 422 g/mol. The SMILES string of the molecule is CC(C)=CCc1c(-c2cc(=O)c3c(O)cc(O)c(CC=C(C)C)c3o2)ccc(O)c1O. The van der Waals surface area contributed by atoms with Crippen LogP contribution in [0.1, 0.15) is 38.8 Å². The first-order chi connectivity index (χ1) is 14.6. The van der Waals surface area contributed by atoms with Crippen molar-refractivity contribution < 1.29 is 24.8 Å². The highest BCUT2D eigenvalue weighted by atomic mass is 16.3. The fraction of sp³-hybridized carbons (Fsp3) is 0.240. The van der Waals surface area contributed by atoms with Crippen molar-refractivity contribution >= 4 is 11.0 Å². The van der Waals surface area contributed by atoms with Crippen LogP contribution < -0.4 is 5.43 Å². The summed E-state index contributed by atoms with van der Waals surface area (Å²) in [4.78, 5) is 12.9. The first-order valence-corrected chi connectivity index (χ1v) is 9.92. The second kappa shape index (κ2) is 8.60. The summed E-state index contributed by atoms with van der Waals surface area (Å²) in [6.07, 6.45) is 4.39. The van der Waals surface area contributed by atoms with Gasteiger partial charge in [0.1, 0.15) is 28.2 Å². The lowest BCUT2D eigenvalue weighted by molar-refractivity contribution is 0.400. The van der Waals surface area contributed by atoms with E-state index in [0.29, 0.717) is 29.5 Å². The maximum atomic E-state index is 12.9. The molecule has 0 unspecified atom stereocenters. The number of allylic oxidation sites excluding steroid dienone is 4. The Balaban J connectivity index is 2.34. The van der Waals surface area contributed by atoms with Gasteiger partial charge in [0.2, 0.25) is 0 Å². The van der Waals surface area contributed by atoms with Crippen LogP contribution in [-0.4, -0.2) is 20.4 Å². The molecule has 4 N–H and O–H groups in total. The van der Waals surface area contributed by atoms with Crippen molar-refractivity contribution in [3.8, 4) is 34.3 Å². The lowest BCUT2D eigenvalue weighted by atomic mass is 9.98. The number of phenolic OH excluding ortho intramolecular Hbond substituents is 4. The third kappa shape index (κ3) is 4.43. The Morgan fingerprint density at radius 1 is 0.839 bits per heavy atom. The molecule has 0 aliphatic heterocycles. The van der Waals surface area contributed by atoms with Gasteiger partial charge in [-0.25, -0.2) is 0 Å². The van der Waals surface area contributed by atoms with Crippen LogP contribution in [0.3, 0.4) is 0 Å². The van der Waals surface area contributed by atoms with Crippen molar-refractivity contribution in [1.82, 2.24) is 0 Å². The fourth-order valence-electron chi connectivity index (χ4n) is 3.36. The lowest BCUT2D eigenvalue weighted by Gasteiger charge is -2.14. The van der Waals surface area contributed by atoms with Crippen LogP contribution in [-0.2, 0) is 12.8 Å². The first kappa shape index (κ1) is 22.0. The van der Waals surface area contributed by atoms with E-state index in [4.69, 9.17) is 4.42 Å². The molecule has 0 aliphatic carbocycles. The van der Waals surface area contributed by atoms with Gasteiger partial charge in [-0.05, 0) is 52.7 Å². The number of hydrogen-bond acceptors (Lipinski definition) is 6. The van der Waals surface area contributed by atoms with Crippen LogP contribution in [0.15, 0.2) is 56.8 Å². The number of fused-ring (bicyclic) bond motifs is 1. The van der Waals surface area contributed by atoms with Gasteiger partial charge >= 0.3 is 0 Å². The Morgan fingerprint density at radius 2 is 1.45 bits per heavy atom. The van der Waals surface area contributed by atoms with Crippen molar-refractivity contribution in [2.24, 2.45) is 0 Å². The molecule has 6 heteroatoms. The summed E-state index contributed by atoms with van der Waals surface area (Å²) in [5, 5.41) is 41.0. The molecular formula is C25H26O6.